The highest BCUT2D eigenvalue weighted by molar-refractivity contribution is 4.96. The normalized spacial score (nSPS) is 11.2. The average molecular weight is 252 g/mol. The van der Waals surface area contributed by atoms with Crippen LogP contribution in [0.25, 0.3) is 0 Å². The van der Waals surface area contributed by atoms with Gasteiger partial charge in [-0.1, -0.05) is 82.6 Å². The lowest BCUT2D eigenvalue weighted by Gasteiger charge is -2.02. The molecule has 1 nitrogen and oxygen atoms in total. The van der Waals surface area contributed by atoms with Crippen molar-refractivity contribution >= 4 is 0 Å². The summed E-state index contributed by atoms with van der Waals surface area (Å²) >= 11 is 0. The summed E-state index contributed by atoms with van der Waals surface area (Å²) in [7, 11) is 0. The van der Waals surface area contributed by atoms with Crippen LogP contribution in [0.15, 0.2) is 24.8 Å². The van der Waals surface area contributed by atoms with E-state index in [1.165, 1.54) is 70.6 Å². The van der Waals surface area contributed by atoms with E-state index in [1.54, 1.807) is 0 Å². The molecule has 1 N–H and O–H groups in total. The van der Waals surface area contributed by atoms with E-state index in [0.717, 1.165) is 6.42 Å². The molecule has 0 unspecified atom stereocenters. The summed E-state index contributed by atoms with van der Waals surface area (Å²) < 4.78 is 0. The lowest BCUT2D eigenvalue weighted by atomic mass is 10.1. The molecular weight excluding hydrogens is 220 g/mol. The maximum atomic E-state index is 8.65. The molecule has 0 amide bonds. The van der Waals surface area contributed by atoms with Crippen molar-refractivity contribution < 1.29 is 5.11 Å². The molecule has 0 saturated heterocycles. The van der Waals surface area contributed by atoms with Crippen molar-refractivity contribution in [1.29, 1.82) is 0 Å². The molecule has 0 aliphatic rings. The van der Waals surface area contributed by atoms with Crippen molar-refractivity contribution in [2.24, 2.45) is 0 Å². The number of aliphatic hydroxyl groups excluding tert-OH is 1. The molecule has 0 aromatic carbocycles. The van der Waals surface area contributed by atoms with Crippen LogP contribution in [0.2, 0.25) is 0 Å². The zero-order valence-corrected chi connectivity index (χ0v) is 12.1. The maximum Gasteiger partial charge on any atom is 0.0431 e. The highest BCUT2D eigenvalue weighted by atomic mass is 16.2. The minimum atomic E-state index is 0.363. The van der Waals surface area contributed by atoms with E-state index in [2.05, 4.69) is 12.7 Å². The van der Waals surface area contributed by atoms with E-state index in [-0.39, 0.29) is 0 Å². The van der Waals surface area contributed by atoms with Gasteiger partial charge in [0.05, 0.1) is 0 Å². The Bertz CT molecular complexity index is 184. The van der Waals surface area contributed by atoms with Gasteiger partial charge < -0.3 is 5.11 Å². The summed E-state index contributed by atoms with van der Waals surface area (Å²) in [5.74, 6) is 0. The molecule has 0 heterocycles. The lowest BCUT2D eigenvalue weighted by molar-refractivity contribution is 0.282. The maximum absolute atomic E-state index is 8.65. The van der Waals surface area contributed by atoms with E-state index < -0.39 is 0 Å². The molecule has 0 aromatic rings. The summed E-state index contributed by atoms with van der Waals surface area (Å²) in [6.45, 7) is 4.02. The Labute approximate surface area is 114 Å². The zero-order chi connectivity index (χ0) is 13.3. The Morgan fingerprint density at radius 2 is 1.11 bits per heavy atom. The Morgan fingerprint density at radius 3 is 1.56 bits per heavy atom. The second kappa shape index (κ2) is 16.4. The van der Waals surface area contributed by atoms with Crippen LogP contribution in [0.3, 0.4) is 0 Å². The fourth-order valence-corrected chi connectivity index (χ4v) is 2.16. The van der Waals surface area contributed by atoms with E-state index in [9.17, 15) is 0 Å². The summed E-state index contributed by atoms with van der Waals surface area (Å²) in [5.41, 5.74) is 0. The largest absolute Gasteiger partial charge is 0.396 e. The third-order valence-corrected chi connectivity index (χ3v) is 3.30. The number of rotatable bonds is 14. The molecule has 0 atom stereocenters. The third-order valence-electron chi connectivity index (χ3n) is 3.30. The van der Waals surface area contributed by atoms with Gasteiger partial charge >= 0.3 is 0 Å². The predicted octanol–water partition coefficient (Wildman–Crippen LogP) is 5.40. The first-order valence-electron chi connectivity index (χ1n) is 7.80. The fourth-order valence-electron chi connectivity index (χ4n) is 2.16. The van der Waals surface area contributed by atoms with Crippen molar-refractivity contribution in [2.75, 3.05) is 6.61 Å². The first-order chi connectivity index (χ1) is 8.91. The van der Waals surface area contributed by atoms with Gasteiger partial charge in [0, 0.05) is 6.61 Å². The molecule has 0 spiro atoms. The van der Waals surface area contributed by atoms with E-state index in [1.807, 2.05) is 12.2 Å². The van der Waals surface area contributed by atoms with E-state index in [4.69, 9.17) is 5.11 Å². The Kier molecular flexibility index (Phi) is 15.9. The summed E-state index contributed by atoms with van der Waals surface area (Å²) in [5, 5.41) is 8.65. The Morgan fingerprint density at radius 1 is 0.667 bits per heavy atom. The average Bonchev–Trinajstić information content (AvgIpc) is 2.39. The molecule has 0 radical (unpaired) electrons. The van der Waals surface area contributed by atoms with Crippen LogP contribution in [0.1, 0.15) is 77.0 Å². The number of aliphatic hydroxyl groups is 1. The summed E-state index contributed by atoms with van der Waals surface area (Å²) in [6, 6.07) is 0. The van der Waals surface area contributed by atoms with Crippen molar-refractivity contribution in [3.05, 3.63) is 24.8 Å². The van der Waals surface area contributed by atoms with Gasteiger partial charge in [-0.2, -0.15) is 0 Å². The number of hydrogen-bond donors (Lipinski definition) is 1. The van der Waals surface area contributed by atoms with Crippen LogP contribution in [0.5, 0.6) is 0 Å². The zero-order valence-electron chi connectivity index (χ0n) is 12.1. The second-order valence-electron chi connectivity index (χ2n) is 5.07. The molecule has 0 aliphatic carbocycles. The minimum absolute atomic E-state index is 0.363. The Hall–Kier alpha value is -0.560. The number of hydrogen-bond acceptors (Lipinski definition) is 1. The van der Waals surface area contributed by atoms with E-state index >= 15 is 0 Å². The highest BCUT2D eigenvalue weighted by Gasteiger charge is 1.92. The van der Waals surface area contributed by atoms with Crippen LogP contribution in [-0.2, 0) is 0 Å². The third kappa shape index (κ3) is 15.4. The van der Waals surface area contributed by atoms with E-state index in [0.29, 0.717) is 6.61 Å². The molecule has 0 fully saturated rings. The molecular formula is C17H32O. The minimum Gasteiger partial charge on any atom is -0.396 e. The van der Waals surface area contributed by atoms with Gasteiger partial charge in [0.25, 0.3) is 0 Å². The van der Waals surface area contributed by atoms with Crippen molar-refractivity contribution in [3.63, 3.8) is 0 Å². The SMILES string of the molecule is C=C/C=C\CCCCCCCCCCCCCO. The van der Waals surface area contributed by atoms with Gasteiger partial charge in [0.2, 0.25) is 0 Å². The van der Waals surface area contributed by atoms with Crippen molar-refractivity contribution in [1.82, 2.24) is 0 Å². The fraction of sp³-hybridized carbons (Fsp3) is 0.765. The van der Waals surface area contributed by atoms with Gasteiger partial charge in [-0.3, -0.25) is 0 Å². The summed E-state index contributed by atoms with van der Waals surface area (Å²) in [4.78, 5) is 0. The molecule has 1 heteroatoms. The van der Waals surface area contributed by atoms with Gasteiger partial charge in [-0.05, 0) is 19.3 Å². The smallest absolute Gasteiger partial charge is 0.0431 e. The number of allylic oxidation sites excluding steroid dienone is 3. The van der Waals surface area contributed by atoms with Crippen LogP contribution in [0, 0.1) is 0 Å². The Balaban J connectivity index is 2.94. The molecule has 0 rings (SSSR count). The number of unbranched alkanes of at least 4 members (excludes halogenated alkanes) is 11. The predicted molar refractivity (Wildman–Crippen MR) is 81.8 cm³/mol. The first-order valence-corrected chi connectivity index (χ1v) is 7.80. The molecule has 0 aromatic heterocycles. The highest BCUT2D eigenvalue weighted by Crippen LogP contribution is 2.11. The molecule has 0 saturated carbocycles. The van der Waals surface area contributed by atoms with Gasteiger partial charge in [-0.25, -0.2) is 0 Å². The van der Waals surface area contributed by atoms with Gasteiger partial charge in [-0.15, -0.1) is 0 Å². The van der Waals surface area contributed by atoms with Crippen LogP contribution in [0.4, 0.5) is 0 Å². The lowest BCUT2D eigenvalue weighted by Crippen LogP contribution is -1.84. The van der Waals surface area contributed by atoms with Gasteiger partial charge in [0.15, 0.2) is 0 Å². The first kappa shape index (κ1) is 17.4. The second-order valence-corrected chi connectivity index (χ2v) is 5.07. The van der Waals surface area contributed by atoms with Gasteiger partial charge in [0.1, 0.15) is 0 Å². The van der Waals surface area contributed by atoms with Crippen LogP contribution in [-0.4, -0.2) is 11.7 Å². The monoisotopic (exact) mass is 252 g/mol. The quantitative estimate of drug-likeness (QED) is 0.324. The standard InChI is InChI=1S/C17H32O/c1-2-3-4-5-6-7-8-9-10-11-12-13-14-15-16-17-18/h2-4,18H,1,5-17H2/b4-3-. The molecule has 0 aliphatic heterocycles. The molecule has 0 bridgehead atoms. The van der Waals surface area contributed by atoms with Crippen molar-refractivity contribution in [2.45, 2.75) is 77.0 Å². The molecule has 106 valence electrons. The van der Waals surface area contributed by atoms with Crippen molar-refractivity contribution in [3.8, 4) is 0 Å². The summed E-state index contributed by atoms with van der Waals surface area (Å²) in [6.07, 6.45) is 21.8. The van der Waals surface area contributed by atoms with Crippen LogP contribution >= 0.6 is 0 Å². The topological polar surface area (TPSA) is 20.2 Å². The van der Waals surface area contributed by atoms with Crippen LogP contribution < -0.4 is 0 Å². The molecule has 18 heavy (non-hydrogen) atoms.